The highest BCUT2D eigenvalue weighted by atomic mass is 32.1. The van der Waals surface area contributed by atoms with Gasteiger partial charge in [0.05, 0.1) is 11.8 Å². The maximum Gasteiger partial charge on any atom is 0.205 e. The van der Waals surface area contributed by atoms with Gasteiger partial charge in [0, 0.05) is 31.7 Å². The Morgan fingerprint density at radius 2 is 1.12 bits per heavy atom. The molecule has 4 N–H and O–H groups in total. The van der Waals surface area contributed by atoms with Gasteiger partial charge >= 0.3 is 0 Å². The lowest BCUT2D eigenvalue weighted by molar-refractivity contribution is 0.394. The fourth-order valence-corrected chi connectivity index (χ4v) is 6.44. The molecule has 0 spiro atoms. The maximum atomic E-state index is 9.80. The maximum absolute atomic E-state index is 9.80. The predicted octanol–water partition coefficient (Wildman–Crippen LogP) is 5.40. The number of nitrogens with zero attached hydrogens (tertiary/aromatic N) is 2. The van der Waals surface area contributed by atoms with Crippen LogP contribution in [-0.2, 0) is 0 Å². The third kappa shape index (κ3) is 2.83. The number of fused-ring (bicyclic) bond motifs is 5. The zero-order valence-electron chi connectivity index (χ0n) is 17.6. The monoisotopic (exact) mass is 480 g/mol. The molecule has 0 bridgehead atoms. The van der Waals surface area contributed by atoms with Crippen LogP contribution >= 0.6 is 22.7 Å². The summed E-state index contributed by atoms with van der Waals surface area (Å²) in [6.45, 7) is 0. The van der Waals surface area contributed by atoms with Crippen LogP contribution in [0.3, 0.4) is 0 Å². The summed E-state index contributed by atoms with van der Waals surface area (Å²) in [6.07, 6.45) is 0. The van der Waals surface area contributed by atoms with Crippen molar-refractivity contribution in [1.29, 1.82) is 10.5 Å². The second kappa shape index (κ2) is 7.67. The van der Waals surface area contributed by atoms with Gasteiger partial charge in [-0.1, -0.05) is 36.4 Å². The zero-order chi connectivity index (χ0) is 23.4. The molecule has 6 rings (SSSR count). The number of nitriles is 2. The van der Waals surface area contributed by atoms with Gasteiger partial charge in [0.15, 0.2) is 0 Å². The van der Waals surface area contributed by atoms with Gasteiger partial charge in [0.2, 0.25) is 11.8 Å². The van der Waals surface area contributed by atoms with E-state index in [0.717, 1.165) is 31.7 Å². The Balaban J connectivity index is 1.59. The summed E-state index contributed by atoms with van der Waals surface area (Å²) in [7, 11) is 0. The molecule has 4 aromatic rings. The Bertz CT molecular complexity index is 1480. The van der Waals surface area contributed by atoms with Gasteiger partial charge in [-0.2, -0.15) is 10.5 Å². The third-order valence-corrected chi connectivity index (χ3v) is 8.09. The minimum atomic E-state index is -0.302. The van der Waals surface area contributed by atoms with Gasteiger partial charge in [0.1, 0.15) is 34.8 Å². The molecule has 0 amide bonds. The first kappa shape index (κ1) is 20.4. The van der Waals surface area contributed by atoms with E-state index in [1.807, 2.05) is 59.3 Å². The summed E-state index contributed by atoms with van der Waals surface area (Å²) in [4.78, 5) is 2.03. The molecule has 0 radical (unpaired) electrons. The minimum Gasteiger partial charge on any atom is -0.440 e. The predicted molar refractivity (Wildman–Crippen MR) is 131 cm³/mol. The lowest BCUT2D eigenvalue weighted by Crippen LogP contribution is -2.22. The van der Waals surface area contributed by atoms with E-state index >= 15 is 0 Å². The molecule has 0 saturated carbocycles. The van der Waals surface area contributed by atoms with E-state index in [-0.39, 0.29) is 23.6 Å². The van der Waals surface area contributed by atoms with Gasteiger partial charge in [-0.15, -0.1) is 22.7 Å². The van der Waals surface area contributed by atoms with Crippen LogP contribution in [0.25, 0.3) is 10.8 Å². The SMILES string of the molecule is N#CC1=C(N)Oc2c(ccc3c4c(ccc23)C(c2cccs2)C(C#N)=C(N)O4)C1c1cccs1. The Morgan fingerprint density at radius 1 is 0.676 bits per heavy atom. The van der Waals surface area contributed by atoms with E-state index in [2.05, 4.69) is 12.1 Å². The lowest BCUT2D eigenvalue weighted by Gasteiger charge is -2.29. The Kier molecular flexibility index (Phi) is 4.59. The molecular formula is C26H16N4O2S2. The van der Waals surface area contributed by atoms with E-state index in [4.69, 9.17) is 20.9 Å². The molecule has 0 aliphatic carbocycles. The van der Waals surface area contributed by atoms with Crippen molar-refractivity contribution in [3.8, 4) is 23.6 Å². The number of nitrogens with two attached hydrogens (primary N) is 2. The van der Waals surface area contributed by atoms with E-state index in [1.165, 1.54) is 0 Å². The van der Waals surface area contributed by atoms with Crippen molar-refractivity contribution >= 4 is 33.4 Å². The molecule has 6 nitrogen and oxygen atoms in total. The molecule has 2 aliphatic heterocycles. The summed E-state index contributed by atoms with van der Waals surface area (Å²) in [5.74, 6) is 0.790. The number of benzene rings is 2. The molecule has 0 fully saturated rings. The average molecular weight is 481 g/mol. The molecule has 2 unspecified atom stereocenters. The van der Waals surface area contributed by atoms with Crippen molar-refractivity contribution in [2.45, 2.75) is 11.8 Å². The van der Waals surface area contributed by atoms with Crippen LogP contribution < -0.4 is 20.9 Å². The molecule has 2 aromatic heterocycles. The van der Waals surface area contributed by atoms with Crippen LogP contribution in [0.5, 0.6) is 11.5 Å². The number of thiophene rings is 2. The average Bonchev–Trinajstić information content (AvgIpc) is 3.56. The Hall–Kier alpha value is -4.24. The number of rotatable bonds is 2. The van der Waals surface area contributed by atoms with Crippen molar-refractivity contribution in [3.63, 3.8) is 0 Å². The first-order valence-electron chi connectivity index (χ1n) is 10.4. The lowest BCUT2D eigenvalue weighted by atomic mass is 9.83. The molecule has 164 valence electrons. The van der Waals surface area contributed by atoms with Crippen LogP contribution in [0.1, 0.15) is 32.7 Å². The molecular weight excluding hydrogens is 464 g/mol. The van der Waals surface area contributed by atoms with Crippen molar-refractivity contribution in [2.75, 3.05) is 0 Å². The highest BCUT2D eigenvalue weighted by Crippen LogP contribution is 2.51. The van der Waals surface area contributed by atoms with Crippen molar-refractivity contribution < 1.29 is 9.47 Å². The fraction of sp³-hybridized carbons (Fsp3) is 0.0769. The van der Waals surface area contributed by atoms with Gasteiger partial charge in [-0.25, -0.2) is 0 Å². The van der Waals surface area contributed by atoms with Crippen molar-refractivity contribution in [3.05, 3.63) is 103 Å². The van der Waals surface area contributed by atoms with E-state index in [1.54, 1.807) is 22.7 Å². The quantitative estimate of drug-likeness (QED) is 0.397. The van der Waals surface area contributed by atoms with E-state index in [0.29, 0.717) is 22.6 Å². The first-order valence-corrected chi connectivity index (χ1v) is 12.2. The van der Waals surface area contributed by atoms with Gasteiger partial charge < -0.3 is 20.9 Å². The highest BCUT2D eigenvalue weighted by Gasteiger charge is 2.35. The Morgan fingerprint density at radius 3 is 1.47 bits per heavy atom. The van der Waals surface area contributed by atoms with Crippen LogP contribution in [0.15, 0.2) is 82.2 Å². The molecule has 2 atom stereocenters. The van der Waals surface area contributed by atoms with E-state index < -0.39 is 0 Å². The fourth-order valence-electron chi connectivity index (χ4n) is 4.73. The van der Waals surface area contributed by atoms with Crippen LogP contribution in [0, 0.1) is 22.7 Å². The topological polar surface area (TPSA) is 118 Å². The Labute approximate surface area is 203 Å². The summed E-state index contributed by atoms with van der Waals surface area (Å²) < 4.78 is 12.1. The number of hydrogen-bond acceptors (Lipinski definition) is 8. The van der Waals surface area contributed by atoms with Gasteiger partial charge in [-0.3, -0.25) is 0 Å². The molecule has 8 heteroatoms. The normalized spacial score (nSPS) is 19.0. The van der Waals surface area contributed by atoms with E-state index in [9.17, 15) is 10.5 Å². The van der Waals surface area contributed by atoms with Crippen molar-refractivity contribution in [2.24, 2.45) is 11.5 Å². The zero-order valence-corrected chi connectivity index (χ0v) is 19.2. The number of hydrogen-bond donors (Lipinski definition) is 2. The van der Waals surface area contributed by atoms with Crippen LogP contribution in [-0.4, -0.2) is 0 Å². The minimum absolute atomic E-state index is 0.0992. The number of allylic oxidation sites excluding steroid dienone is 2. The molecule has 2 aromatic carbocycles. The van der Waals surface area contributed by atoms with Crippen LogP contribution in [0.2, 0.25) is 0 Å². The first-order chi connectivity index (χ1) is 16.6. The van der Waals surface area contributed by atoms with Gasteiger partial charge in [-0.05, 0) is 22.9 Å². The standard InChI is InChI=1S/C26H16N4O2S2/c27-11-17-21(19-3-1-9-33-19)15-7-5-14-13(23(15)31-25(17)29)6-8-16-22(20-4-2-10-34-20)18(12-28)26(30)32-24(14)16/h1-10,21-22H,29-30H2. The second-order valence-corrected chi connectivity index (χ2v) is 9.90. The smallest absolute Gasteiger partial charge is 0.205 e. The number of ether oxygens (including phenoxy) is 2. The summed E-state index contributed by atoms with van der Waals surface area (Å²) in [6, 6.07) is 20.2. The van der Waals surface area contributed by atoms with Gasteiger partial charge in [0.25, 0.3) is 0 Å². The van der Waals surface area contributed by atoms with Crippen LogP contribution in [0.4, 0.5) is 0 Å². The molecule has 4 heterocycles. The summed E-state index contributed by atoms with van der Waals surface area (Å²) in [5.41, 5.74) is 15.0. The third-order valence-electron chi connectivity index (χ3n) is 6.21. The summed E-state index contributed by atoms with van der Waals surface area (Å²) >= 11 is 3.14. The second-order valence-electron chi connectivity index (χ2n) is 7.94. The largest absolute Gasteiger partial charge is 0.440 e. The highest BCUT2D eigenvalue weighted by molar-refractivity contribution is 7.10. The summed E-state index contributed by atoms with van der Waals surface area (Å²) in [5, 5.41) is 25.2. The molecule has 0 saturated heterocycles. The van der Waals surface area contributed by atoms with Crippen molar-refractivity contribution in [1.82, 2.24) is 0 Å². The molecule has 2 aliphatic rings. The molecule has 34 heavy (non-hydrogen) atoms.